The van der Waals surface area contributed by atoms with Gasteiger partial charge in [-0.2, -0.15) is 0 Å². The molecule has 10 heteroatoms. The summed E-state index contributed by atoms with van der Waals surface area (Å²) < 4.78 is 29.3. The molecule has 0 saturated heterocycles. The number of carbonyl (C=O) groups is 1. The van der Waals surface area contributed by atoms with Crippen molar-refractivity contribution in [3.05, 3.63) is 51.1 Å². The van der Waals surface area contributed by atoms with Gasteiger partial charge in [-0.25, -0.2) is 13.8 Å². The lowest BCUT2D eigenvalue weighted by Crippen LogP contribution is -2.38. The first kappa shape index (κ1) is 18.0. The van der Waals surface area contributed by atoms with Crippen molar-refractivity contribution in [2.45, 2.75) is 25.9 Å². The van der Waals surface area contributed by atoms with Crippen LogP contribution >= 0.6 is 22.9 Å². The lowest BCUT2D eigenvalue weighted by Gasteiger charge is -2.28. The van der Waals surface area contributed by atoms with Gasteiger partial charge in [-0.1, -0.05) is 23.7 Å². The molecule has 0 N–H and O–H groups in total. The summed E-state index contributed by atoms with van der Waals surface area (Å²) in [6, 6.07) is 4.10. The highest BCUT2D eigenvalue weighted by Crippen LogP contribution is 2.35. The van der Waals surface area contributed by atoms with Crippen molar-refractivity contribution in [1.29, 1.82) is 0 Å². The first-order valence-electron chi connectivity index (χ1n) is 8.13. The molecule has 0 saturated carbocycles. The Morgan fingerprint density at radius 2 is 2.11 bits per heavy atom. The van der Waals surface area contributed by atoms with E-state index >= 15 is 0 Å². The predicted octanol–water partition coefficient (Wildman–Crippen LogP) is 3.82. The topological polar surface area (TPSA) is 63.9 Å². The summed E-state index contributed by atoms with van der Waals surface area (Å²) in [6.45, 7) is 1.86. The van der Waals surface area contributed by atoms with Crippen LogP contribution in [0.1, 0.15) is 28.7 Å². The van der Waals surface area contributed by atoms with Crippen molar-refractivity contribution < 1.29 is 13.6 Å². The number of thiazole rings is 1. The van der Waals surface area contributed by atoms with Gasteiger partial charge < -0.3 is 9.47 Å². The monoisotopic (exact) mass is 409 g/mol. The van der Waals surface area contributed by atoms with E-state index < -0.39 is 11.8 Å². The Morgan fingerprint density at radius 3 is 2.81 bits per heavy atom. The number of hydrogen-bond acceptors (Lipinski definition) is 5. The second-order valence-corrected chi connectivity index (χ2v) is 7.34. The number of halogens is 3. The number of rotatable bonds is 3. The van der Waals surface area contributed by atoms with Crippen molar-refractivity contribution in [2.24, 2.45) is 0 Å². The second kappa shape index (κ2) is 6.65. The molecule has 0 fully saturated rings. The fourth-order valence-corrected chi connectivity index (χ4v) is 3.95. The maximum atomic E-state index is 13.7. The lowest BCUT2D eigenvalue weighted by molar-refractivity contribution is 0.0175. The van der Waals surface area contributed by atoms with Gasteiger partial charge in [0.1, 0.15) is 5.69 Å². The molecule has 0 unspecified atom stereocenters. The molecule has 0 spiro atoms. The number of alkyl halides is 2. The van der Waals surface area contributed by atoms with E-state index in [9.17, 15) is 13.6 Å². The Kier molecular flexibility index (Phi) is 4.43. The SMILES string of the molecule is CC(F)(F)c1cccc(C(=O)N2CCn3c(nnc3-c3cscn3)C2)c1Cl. The molecule has 3 heterocycles. The number of aromatic nitrogens is 4. The molecule has 1 aromatic carbocycles. The lowest BCUT2D eigenvalue weighted by atomic mass is 10.0. The normalized spacial score (nSPS) is 14.3. The molecule has 0 bridgehead atoms. The Balaban J connectivity index is 1.61. The molecule has 27 heavy (non-hydrogen) atoms. The van der Waals surface area contributed by atoms with E-state index in [4.69, 9.17) is 11.6 Å². The van der Waals surface area contributed by atoms with Crippen LogP contribution in [0.2, 0.25) is 5.02 Å². The number of benzene rings is 1. The van der Waals surface area contributed by atoms with Gasteiger partial charge in [-0.05, 0) is 6.07 Å². The Labute approximate surface area is 162 Å². The summed E-state index contributed by atoms with van der Waals surface area (Å²) in [7, 11) is 0. The molecular weight excluding hydrogens is 396 g/mol. The zero-order valence-electron chi connectivity index (χ0n) is 14.2. The molecule has 1 aliphatic heterocycles. The van der Waals surface area contributed by atoms with Gasteiger partial charge in [0.2, 0.25) is 0 Å². The average molecular weight is 410 g/mol. The molecule has 0 aliphatic carbocycles. The Morgan fingerprint density at radius 1 is 1.30 bits per heavy atom. The first-order valence-corrected chi connectivity index (χ1v) is 9.45. The molecular formula is C17H14ClF2N5OS. The van der Waals surface area contributed by atoms with Crippen LogP contribution in [0.3, 0.4) is 0 Å². The molecule has 4 rings (SSSR count). The van der Waals surface area contributed by atoms with Crippen LogP contribution in [0, 0.1) is 0 Å². The van der Waals surface area contributed by atoms with Crippen molar-refractivity contribution in [1.82, 2.24) is 24.6 Å². The van der Waals surface area contributed by atoms with Gasteiger partial charge in [0.05, 0.1) is 22.6 Å². The summed E-state index contributed by atoms with van der Waals surface area (Å²) in [4.78, 5) is 18.6. The average Bonchev–Trinajstić information content (AvgIpc) is 3.29. The number of amides is 1. The third-order valence-electron chi connectivity index (χ3n) is 4.40. The zero-order valence-corrected chi connectivity index (χ0v) is 15.8. The van der Waals surface area contributed by atoms with Crippen molar-refractivity contribution in [3.63, 3.8) is 0 Å². The van der Waals surface area contributed by atoms with Gasteiger partial charge in [0.15, 0.2) is 11.6 Å². The summed E-state index contributed by atoms with van der Waals surface area (Å²) in [5, 5.41) is 9.98. The fraction of sp³-hybridized carbons (Fsp3) is 0.294. The number of hydrogen-bond donors (Lipinski definition) is 0. The van der Waals surface area contributed by atoms with Gasteiger partial charge in [-0.15, -0.1) is 21.5 Å². The molecule has 6 nitrogen and oxygen atoms in total. The van der Waals surface area contributed by atoms with Crippen LogP contribution in [0.4, 0.5) is 8.78 Å². The van der Waals surface area contributed by atoms with Crippen LogP contribution in [0.5, 0.6) is 0 Å². The fourth-order valence-electron chi connectivity index (χ4n) is 3.05. The standard InChI is InChI=1S/C17H14ClF2N5OS/c1-17(19,20)11-4-2-3-10(14(11)18)16(26)24-5-6-25-13(7-24)22-23-15(25)12-8-27-9-21-12/h2-4,8-9H,5-7H2,1H3. The van der Waals surface area contributed by atoms with Crippen LogP contribution in [0.25, 0.3) is 11.5 Å². The van der Waals surface area contributed by atoms with Gasteiger partial charge in [-0.3, -0.25) is 4.79 Å². The van der Waals surface area contributed by atoms with E-state index in [1.807, 2.05) is 9.95 Å². The second-order valence-electron chi connectivity index (χ2n) is 6.25. The number of fused-ring (bicyclic) bond motifs is 1. The third kappa shape index (κ3) is 3.21. The molecule has 1 aliphatic rings. The maximum absolute atomic E-state index is 13.7. The van der Waals surface area contributed by atoms with Crippen LogP contribution < -0.4 is 0 Å². The molecule has 0 radical (unpaired) electrons. The molecule has 3 aromatic rings. The summed E-state index contributed by atoms with van der Waals surface area (Å²) in [5.74, 6) is -2.26. The van der Waals surface area contributed by atoms with Gasteiger partial charge in [0.25, 0.3) is 11.8 Å². The van der Waals surface area contributed by atoms with Crippen LogP contribution in [-0.2, 0) is 19.0 Å². The highest BCUT2D eigenvalue weighted by Gasteiger charge is 2.32. The highest BCUT2D eigenvalue weighted by atomic mass is 35.5. The molecule has 0 atom stereocenters. The first-order chi connectivity index (χ1) is 12.9. The molecule has 2 aromatic heterocycles. The van der Waals surface area contributed by atoms with Crippen molar-refractivity contribution >= 4 is 28.8 Å². The van der Waals surface area contributed by atoms with E-state index in [0.29, 0.717) is 24.7 Å². The summed E-state index contributed by atoms with van der Waals surface area (Å²) >= 11 is 7.58. The number of nitrogens with zero attached hydrogens (tertiary/aromatic N) is 5. The maximum Gasteiger partial charge on any atom is 0.271 e. The number of carbonyl (C=O) groups excluding carboxylic acids is 1. The zero-order chi connectivity index (χ0) is 19.2. The third-order valence-corrected chi connectivity index (χ3v) is 5.40. The van der Waals surface area contributed by atoms with Crippen molar-refractivity contribution in [2.75, 3.05) is 6.54 Å². The van der Waals surface area contributed by atoms with Gasteiger partial charge in [0, 0.05) is 31.0 Å². The van der Waals surface area contributed by atoms with Crippen LogP contribution in [-0.4, -0.2) is 37.1 Å². The van der Waals surface area contributed by atoms with Gasteiger partial charge >= 0.3 is 0 Å². The highest BCUT2D eigenvalue weighted by molar-refractivity contribution is 7.07. The largest absolute Gasteiger partial charge is 0.329 e. The Hall–Kier alpha value is -2.39. The van der Waals surface area contributed by atoms with E-state index in [1.165, 1.54) is 34.4 Å². The van der Waals surface area contributed by atoms with E-state index in [2.05, 4.69) is 15.2 Å². The smallest absolute Gasteiger partial charge is 0.271 e. The minimum atomic E-state index is -3.13. The summed E-state index contributed by atoms with van der Waals surface area (Å²) in [6.07, 6.45) is 0. The quantitative estimate of drug-likeness (QED) is 0.659. The minimum Gasteiger partial charge on any atom is -0.329 e. The van der Waals surface area contributed by atoms with E-state index in [1.54, 1.807) is 5.51 Å². The summed E-state index contributed by atoms with van der Waals surface area (Å²) in [5.41, 5.74) is 2.15. The molecule has 140 valence electrons. The van der Waals surface area contributed by atoms with Crippen LogP contribution in [0.15, 0.2) is 29.1 Å². The predicted molar refractivity (Wildman–Crippen MR) is 96.9 cm³/mol. The minimum absolute atomic E-state index is 0.0587. The molecule has 1 amide bonds. The van der Waals surface area contributed by atoms with E-state index in [-0.39, 0.29) is 22.7 Å². The van der Waals surface area contributed by atoms with E-state index in [0.717, 1.165) is 12.6 Å². The Bertz CT molecular complexity index is 999. The van der Waals surface area contributed by atoms with Crippen molar-refractivity contribution in [3.8, 4) is 11.5 Å².